The topological polar surface area (TPSA) is 177 Å². The normalized spacial score (nSPS) is 20.7. The van der Waals surface area contributed by atoms with Gasteiger partial charge in [0.15, 0.2) is 0 Å². The number of ketones is 1. The van der Waals surface area contributed by atoms with Crippen LogP contribution in [0.5, 0.6) is 0 Å². The molecule has 2 fully saturated rings. The van der Waals surface area contributed by atoms with Gasteiger partial charge < -0.3 is 31.3 Å². The van der Waals surface area contributed by atoms with E-state index in [-0.39, 0.29) is 30.2 Å². The summed E-state index contributed by atoms with van der Waals surface area (Å²) >= 11 is 0. The second kappa shape index (κ2) is 16.4. The summed E-state index contributed by atoms with van der Waals surface area (Å²) in [5, 5.41) is 8.23. The fourth-order valence-electron chi connectivity index (χ4n) is 6.24. The number of amides is 5. The molecule has 2 aliphatic rings. The number of benzene rings is 1. The predicted octanol–water partition coefficient (Wildman–Crippen LogP) is 3.63. The zero-order valence-corrected chi connectivity index (χ0v) is 29.7. The van der Waals surface area contributed by atoms with Gasteiger partial charge in [-0.05, 0) is 54.4 Å². The van der Waals surface area contributed by atoms with Crippen molar-refractivity contribution in [1.29, 1.82) is 0 Å². The number of esters is 1. The van der Waals surface area contributed by atoms with Crippen LogP contribution in [0.4, 0.5) is 4.79 Å². The number of nitrogens with zero attached hydrogens (tertiary/aromatic N) is 1. The van der Waals surface area contributed by atoms with Crippen LogP contribution < -0.4 is 21.7 Å². The molecule has 1 heterocycles. The van der Waals surface area contributed by atoms with Crippen molar-refractivity contribution in [3.63, 3.8) is 0 Å². The second-order valence-corrected chi connectivity index (χ2v) is 15.2. The minimum absolute atomic E-state index is 0.0113. The number of hydrogen-bond donors (Lipinski definition) is 4. The Hall–Kier alpha value is -3.96. The lowest BCUT2D eigenvalue weighted by atomic mass is 9.80. The van der Waals surface area contributed by atoms with E-state index in [0.29, 0.717) is 12.8 Å². The van der Waals surface area contributed by atoms with Crippen LogP contribution in [0.3, 0.4) is 0 Å². The molecule has 1 aromatic rings. The number of primary amides is 1. The summed E-state index contributed by atoms with van der Waals surface area (Å²) in [5.41, 5.74) is 5.35. The SMILES string of the molecule is CC(C)[C@@H]1C[C@@H](C(=O)NC(CC2CCC2)C(=O)C(N)=O)N(C(=O)[C@@H](NC(=O)N[C@H](C(=O)O[C@H](C)c2ccccc2)C(C)C)C(C)(C)C)C1. The number of Topliss-reactive ketones (excluding diaryl/α,β-unsaturated/α-hetero) is 1. The van der Waals surface area contributed by atoms with Gasteiger partial charge in [0.1, 0.15) is 24.2 Å². The van der Waals surface area contributed by atoms with Gasteiger partial charge in [-0.15, -0.1) is 0 Å². The van der Waals surface area contributed by atoms with E-state index in [4.69, 9.17) is 10.5 Å². The highest BCUT2D eigenvalue weighted by molar-refractivity contribution is 6.37. The number of rotatable bonds is 14. The van der Waals surface area contributed by atoms with Crippen LogP contribution >= 0.6 is 0 Å². The quantitative estimate of drug-likeness (QED) is 0.173. The first-order valence-electron chi connectivity index (χ1n) is 17.2. The van der Waals surface area contributed by atoms with E-state index in [1.54, 1.807) is 41.5 Å². The van der Waals surface area contributed by atoms with Crippen LogP contribution in [-0.4, -0.2) is 71.1 Å². The molecule has 1 aliphatic carbocycles. The zero-order valence-electron chi connectivity index (χ0n) is 29.7. The molecule has 5 N–H and O–H groups in total. The van der Waals surface area contributed by atoms with E-state index in [1.807, 2.05) is 44.2 Å². The van der Waals surface area contributed by atoms with Gasteiger partial charge in [0.05, 0.1) is 6.04 Å². The van der Waals surface area contributed by atoms with E-state index < -0.39 is 71.2 Å². The molecule has 3 rings (SSSR count). The van der Waals surface area contributed by atoms with Gasteiger partial charge >= 0.3 is 12.0 Å². The Morgan fingerprint density at radius 3 is 2.06 bits per heavy atom. The van der Waals surface area contributed by atoms with E-state index in [1.165, 1.54) is 4.90 Å². The fraction of sp³-hybridized carbons (Fsp3) is 0.667. The molecule has 1 aromatic carbocycles. The van der Waals surface area contributed by atoms with Crippen molar-refractivity contribution < 1.29 is 33.5 Å². The maximum Gasteiger partial charge on any atom is 0.329 e. The zero-order chi connectivity index (χ0) is 35.9. The van der Waals surface area contributed by atoms with Gasteiger partial charge in [-0.1, -0.05) is 98.1 Å². The molecule has 1 saturated heterocycles. The Bertz CT molecular complexity index is 1320. The Labute approximate surface area is 284 Å². The fourth-order valence-corrected chi connectivity index (χ4v) is 6.24. The van der Waals surface area contributed by atoms with Crippen molar-refractivity contribution in [3.05, 3.63) is 35.9 Å². The molecule has 6 atom stereocenters. The molecular formula is C36H55N5O7. The summed E-state index contributed by atoms with van der Waals surface area (Å²) in [6.07, 6.45) is 2.98. The Balaban J connectivity index is 1.78. The molecule has 0 aromatic heterocycles. The number of carbonyl (C=O) groups excluding carboxylic acids is 6. The Morgan fingerprint density at radius 1 is 0.938 bits per heavy atom. The van der Waals surface area contributed by atoms with Gasteiger partial charge in [-0.3, -0.25) is 19.2 Å². The first-order valence-corrected chi connectivity index (χ1v) is 17.2. The van der Waals surface area contributed by atoms with Crippen molar-refractivity contribution in [3.8, 4) is 0 Å². The van der Waals surface area contributed by atoms with Crippen LogP contribution in [0.25, 0.3) is 0 Å². The molecular weight excluding hydrogens is 614 g/mol. The number of nitrogens with one attached hydrogen (secondary N) is 3. The van der Waals surface area contributed by atoms with Crippen LogP contribution in [0, 0.1) is 29.1 Å². The van der Waals surface area contributed by atoms with E-state index in [0.717, 1.165) is 24.8 Å². The van der Waals surface area contributed by atoms with Gasteiger partial charge in [-0.2, -0.15) is 0 Å². The molecule has 0 spiro atoms. The number of urea groups is 1. The first-order chi connectivity index (χ1) is 22.4. The Morgan fingerprint density at radius 2 is 1.56 bits per heavy atom. The third kappa shape index (κ3) is 10.0. The molecule has 0 radical (unpaired) electrons. The predicted molar refractivity (Wildman–Crippen MR) is 181 cm³/mol. The lowest BCUT2D eigenvalue weighted by Crippen LogP contribution is -2.61. The third-order valence-electron chi connectivity index (χ3n) is 9.69. The van der Waals surface area contributed by atoms with Crippen LogP contribution in [0.2, 0.25) is 0 Å². The summed E-state index contributed by atoms with van der Waals surface area (Å²) in [6, 6.07) is 4.51. The molecule has 5 amide bonds. The highest BCUT2D eigenvalue weighted by Crippen LogP contribution is 2.33. The van der Waals surface area contributed by atoms with Gasteiger partial charge in [-0.25, -0.2) is 9.59 Å². The average molecular weight is 670 g/mol. The maximum atomic E-state index is 14.3. The molecule has 1 saturated carbocycles. The standard InChI is InChI=1S/C36H55N5O7/c1-20(2)25-18-27(32(44)38-26(29(42)31(37)43)17-23-13-12-14-23)41(19-25)33(45)30(36(6,7)8)40-35(47)39-28(21(3)4)34(46)48-22(5)24-15-10-9-11-16-24/h9-11,15-16,20-23,25-28,30H,12-14,17-19H2,1-8H3,(H2,37,43)(H,38,44)(H2,39,40,47)/t22-,25-,26?,27+,28+,30-/m1/s1. The lowest BCUT2D eigenvalue weighted by molar-refractivity contribution is -0.152. The largest absolute Gasteiger partial charge is 0.456 e. The lowest BCUT2D eigenvalue weighted by Gasteiger charge is -2.36. The van der Waals surface area contributed by atoms with Crippen molar-refractivity contribution >= 4 is 35.5 Å². The number of ether oxygens (including phenoxy) is 1. The monoisotopic (exact) mass is 669 g/mol. The summed E-state index contributed by atoms with van der Waals surface area (Å²) in [6.45, 7) is 15.0. The molecule has 1 aliphatic heterocycles. The van der Waals surface area contributed by atoms with E-state index in [9.17, 15) is 28.8 Å². The molecule has 1 unspecified atom stereocenters. The smallest absolute Gasteiger partial charge is 0.329 e. The summed E-state index contributed by atoms with van der Waals surface area (Å²) in [7, 11) is 0. The van der Waals surface area contributed by atoms with Gasteiger partial charge in [0.25, 0.3) is 5.91 Å². The second-order valence-electron chi connectivity index (χ2n) is 15.2. The minimum Gasteiger partial charge on any atom is -0.456 e. The average Bonchev–Trinajstić information content (AvgIpc) is 3.45. The first kappa shape index (κ1) is 38.5. The molecule has 266 valence electrons. The third-order valence-corrected chi connectivity index (χ3v) is 9.69. The summed E-state index contributed by atoms with van der Waals surface area (Å²) in [4.78, 5) is 80.6. The number of nitrogens with two attached hydrogens (primary N) is 1. The van der Waals surface area contributed by atoms with Crippen LogP contribution in [0.15, 0.2) is 30.3 Å². The van der Waals surface area contributed by atoms with Crippen LogP contribution in [0.1, 0.15) is 99.2 Å². The van der Waals surface area contributed by atoms with Crippen molar-refractivity contribution in [2.24, 2.45) is 34.8 Å². The van der Waals surface area contributed by atoms with E-state index in [2.05, 4.69) is 16.0 Å². The molecule has 12 heteroatoms. The number of hydrogen-bond acceptors (Lipinski definition) is 7. The number of likely N-dealkylation sites (tertiary alicyclic amines) is 1. The number of carbonyl (C=O) groups is 6. The summed E-state index contributed by atoms with van der Waals surface area (Å²) in [5.74, 6) is -3.52. The molecule has 0 bridgehead atoms. The van der Waals surface area contributed by atoms with E-state index >= 15 is 0 Å². The minimum atomic E-state index is -1.11. The molecule has 48 heavy (non-hydrogen) atoms. The highest BCUT2D eigenvalue weighted by atomic mass is 16.5. The summed E-state index contributed by atoms with van der Waals surface area (Å²) < 4.78 is 5.68. The van der Waals surface area contributed by atoms with Crippen LogP contribution in [-0.2, 0) is 28.7 Å². The Kier molecular flexibility index (Phi) is 13.2. The van der Waals surface area contributed by atoms with Crippen molar-refractivity contribution in [2.45, 2.75) is 118 Å². The van der Waals surface area contributed by atoms with Gasteiger partial charge in [0, 0.05) is 6.54 Å². The van der Waals surface area contributed by atoms with Gasteiger partial charge in [0.2, 0.25) is 17.6 Å². The maximum absolute atomic E-state index is 14.3. The van der Waals surface area contributed by atoms with Crippen molar-refractivity contribution in [2.75, 3.05) is 6.54 Å². The molecule has 12 nitrogen and oxygen atoms in total. The highest BCUT2D eigenvalue weighted by Gasteiger charge is 2.46. The van der Waals surface area contributed by atoms with Crippen molar-refractivity contribution in [1.82, 2.24) is 20.9 Å².